The van der Waals surface area contributed by atoms with Gasteiger partial charge in [0.15, 0.2) is 0 Å². The minimum Gasteiger partial charge on any atom is -0.248 e. The van der Waals surface area contributed by atoms with Crippen molar-refractivity contribution in [2.24, 2.45) is 0 Å². The Kier molecular flexibility index (Phi) is 3.46. The molecule has 1 aromatic carbocycles. The van der Waals surface area contributed by atoms with Gasteiger partial charge in [-0.3, -0.25) is 0 Å². The highest BCUT2D eigenvalue weighted by atomic mass is 32.2. The number of nitriles is 1. The third kappa shape index (κ3) is 2.66. The fourth-order valence-electron chi connectivity index (χ4n) is 1.46. The van der Waals surface area contributed by atoms with E-state index < -0.39 is 0 Å². The highest BCUT2D eigenvalue weighted by molar-refractivity contribution is 7.99. The summed E-state index contributed by atoms with van der Waals surface area (Å²) in [4.78, 5) is 5.37. The SMILES string of the molecule is Cc1ccc(Sc2nccc(C)c2C#N)cc1. The zero-order chi connectivity index (χ0) is 12.3. The number of hydrogen-bond acceptors (Lipinski definition) is 3. The summed E-state index contributed by atoms with van der Waals surface area (Å²) in [6.07, 6.45) is 1.74. The van der Waals surface area contributed by atoms with Crippen LogP contribution in [0.2, 0.25) is 0 Å². The maximum atomic E-state index is 9.12. The summed E-state index contributed by atoms with van der Waals surface area (Å²) < 4.78 is 0. The third-order valence-electron chi connectivity index (χ3n) is 2.47. The lowest BCUT2D eigenvalue weighted by Gasteiger charge is -2.05. The van der Waals surface area contributed by atoms with E-state index in [1.54, 1.807) is 6.20 Å². The molecule has 0 atom stereocenters. The van der Waals surface area contributed by atoms with Crippen molar-refractivity contribution in [3.05, 3.63) is 53.2 Å². The molecule has 2 nitrogen and oxygen atoms in total. The summed E-state index contributed by atoms with van der Waals surface area (Å²) in [5.74, 6) is 0. The standard InChI is InChI=1S/C14H12N2S/c1-10-3-5-12(6-4-10)17-14-13(9-15)11(2)7-8-16-14/h3-8H,1-2H3. The molecule has 0 saturated heterocycles. The number of aryl methyl sites for hydroxylation is 2. The van der Waals surface area contributed by atoms with Crippen LogP contribution in [-0.4, -0.2) is 4.98 Å². The summed E-state index contributed by atoms with van der Waals surface area (Å²) >= 11 is 1.53. The van der Waals surface area contributed by atoms with E-state index in [4.69, 9.17) is 5.26 Å². The second-order valence-corrected chi connectivity index (χ2v) is 4.90. The van der Waals surface area contributed by atoms with Crippen LogP contribution in [0.1, 0.15) is 16.7 Å². The van der Waals surface area contributed by atoms with Gasteiger partial charge in [0.1, 0.15) is 11.1 Å². The molecule has 84 valence electrons. The predicted octanol–water partition coefficient (Wildman–Crippen LogP) is 3.72. The van der Waals surface area contributed by atoms with Gasteiger partial charge >= 0.3 is 0 Å². The molecule has 0 aliphatic rings. The molecule has 2 aromatic rings. The Labute approximate surface area is 105 Å². The molecule has 3 heteroatoms. The molecular weight excluding hydrogens is 228 g/mol. The molecule has 0 aliphatic heterocycles. The number of nitrogens with zero attached hydrogens (tertiary/aromatic N) is 2. The van der Waals surface area contributed by atoms with Gasteiger partial charge in [0.05, 0.1) is 5.56 Å². The molecule has 0 aliphatic carbocycles. The van der Waals surface area contributed by atoms with Crippen LogP contribution in [0.5, 0.6) is 0 Å². The zero-order valence-electron chi connectivity index (χ0n) is 9.77. The molecule has 0 unspecified atom stereocenters. The van der Waals surface area contributed by atoms with Crippen molar-refractivity contribution in [3.63, 3.8) is 0 Å². The average molecular weight is 240 g/mol. The number of hydrogen-bond donors (Lipinski definition) is 0. The first kappa shape index (κ1) is 11.7. The summed E-state index contributed by atoms with van der Waals surface area (Å²) in [5, 5.41) is 9.89. The van der Waals surface area contributed by atoms with Gasteiger partial charge in [-0.05, 0) is 37.6 Å². The van der Waals surface area contributed by atoms with Gasteiger partial charge in [0.25, 0.3) is 0 Å². The molecule has 0 spiro atoms. The monoisotopic (exact) mass is 240 g/mol. The zero-order valence-corrected chi connectivity index (χ0v) is 10.6. The second-order valence-electron chi connectivity index (χ2n) is 3.83. The van der Waals surface area contributed by atoms with E-state index in [1.165, 1.54) is 17.3 Å². The number of pyridine rings is 1. The topological polar surface area (TPSA) is 36.7 Å². The molecule has 0 bridgehead atoms. The molecule has 0 saturated carbocycles. The quantitative estimate of drug-likeness (QED) is 0.802. The van der Waals surface area contributed by atoms with E-state index in [-0.39, 0.29) is 0 Å². The van der Waals surface area contributed by atoms with Crippen LogP contribution in [0.4, 0.5) is 0 Å². The minimum atomic E-state index is 0.665. The van der Waals surface area contributed by atoms with E-state index in [0.29, 0.717) is 5.56 Å². The molecule has 17 heavy (non-hydrogen) atoms. The van der Waals surface area contributed by atoms with E-state index in [2.05, 4.69) is 30.1 Å². The lowest BCUT2D eigenvalue weighted by Crippen LogP contribution is -1.90. The molecule has 0 radical (unpaired) electrons. The van der Waals surface area contributed by atoms with Crippen molar-refractivity contribution in [1.29, 1.82) is 5.26 Å². The molecule has 1 heterocycles. The summed E-state index contributed by atoms with van der Waals surface area (Å²) in [6, 6.07) is 12.3. The van der Waals surface area contributed by atoms with Crippen LogP contribution in [0.25, 0.3) is 0 Å². The van der Waals surface area contributed by atoms with Crippen molar-refractivity contribution < 1.29 is 0 Å². The van der Waals surface area contributed by atoms with Crippen molar-refractivity contribution in [3.8, 4) is 6.07 Å². The van der Waals surface area contributed by atoms with Crippen LogP contribution >= 0.6 is 11.8 Å². The fraction of sp³-hybridized carbons (Fsp3) is 0.143. The highest BCUT2D eigenvalue weighted by Crippen LogP contribution is 2.29. The summed E-state index contributed by atoms with van der Waals surface area (Å²) in [6.45, 7) is 3.99. The Morgan fingerprint density at radius 3 is 2.47 bits per heavy atom. The normalized spacial score (nSPS) is 9.94. The van der Waals surface area contributed by atoms with E-state index in [0.717, 1.165) is 15.5 Å². The number of rotatable bonds is 2. The first-order chi connectivity index (χ1) is 8.20. The maximum Gasteiger partial charge on any atom is 0.119 e. The van der Waals surface area contributed by atoms with E-state index >= 15 is 0 Å². The Balaban J connectivity index is 2.34. The van der Waals surface area contributed by atoms with Crippen LogP contribution in [0, 0.1) is 25.2 Å². The van der Waals surface area contributed by atoms with Crippen molar-refractivity contribution in [2.45, 2.75) is 23.8 Å². The van der Waals surface area contributed by atoms with Crippen LogP contribution in [0.15, 0.2) is 46.5 Å². The second kappa shape index (κ2) is 5.03. The molecule has 0 fully saturated rings. The lowest BCUT2D eigenvalue weighted by atomic mass is 10.2. The van der Waals surface area contributed by atoms with Gasteiger partial charge in [-0.1, -0.05) is 29.5 Å². The first-order valence-corrected chi connectivity index (χ1v) is 6.12. The predicted molar refractivity (Wildman–Crippen MR) is 69.0 cm³/mol. The maximum absolute atomic E-state index is 9.12. The lowest BCUT2D eigenvalue weighted by molar-refractivity contribution is 1.08. The minimum absolute atomic E-state index is 0.665. The average Bonchev–Trinajstić information content (AvgIpc) is 2.32. The first-order valence-electron chi connectivity index (χ1n) is 5.31. The smallest absolute Gasteiger partial charge is 0.119 e. The third-order valence-corrected chi connectivity index (χ3v) is 3.48. The van der Waals surface area contributed by atoms with Gasteiger partial charge in [-0.15, -0.1) is 0 Å². The Morgan fingerprint density at radius 1 is 1.12 bits per heavy atom. The van der Waals surface area contributed by atoms with Crippen LogP contribution in [0.3, 0.4) is 0 Å². The van der Waals surface area contributed by atoms with Gasteiger partial charge in [0, 0.05) is 11.1 Å². The molecule has 2 rings (SSSR count). The van der Waals surface area contributed by atoms with E-state index in [1.807, 2.05) is 25.1 Å². The molecule has 0 amide bonds. The van der Waals surface area contributed by atoms with E-state index in [9.17, 15) is 0 Å². The van der Waals surface area contributed by atoms with Gasteiger partial charge in [-0.25, -0.2) is 4.98 Å². The van der Waals surface area contributed by atoms with Gasteiger partial charge in [-0.2, -0.15) is 5.26 Å². The van der Waals surface area contributed by atoms with Crippen molar-refractivity contribution in [2.75, 3.05) is 0 Å². The Hall–Kier alpha value is -1.79. The Morgan fingerprint density at radius 2 is 1.82 bits per heavy atom. The van der Waals surface area contributed by atoms with Crippen molar-refractivity contribution >= 4 is 11.8 Å². The summed E-state index contributed by atoms with van der Waals surface area (Å²) in [5.41, 5.74) is 2.86. The van der Waals surface area contributed by atoms with Crippen LogP contribution < -0.4 is 0 Å². The van der Waals surface area contributed by atoms with Crippen LogP contribution in [-0.2, 0) is 0 Å². The van der Waals surface area contributed by atoms with Gasteiger partial charge < -0.3 is 0 Å². The van der Waals surface area contributed by atoms with Crippen molar-refractivity contribution in [1.82, 2.24) is 4.98 Å². The molecule has 0 N–H and O–H groups in total. The highest BCUT2D eigenvalue weighted by Gasteiger charge is 2.07. The number of aromatic nitrogens is 1. The van der Waals surface area contributed by atoms with Gasteiger partial charge in [0.2, 0.25) is 0 Å². The molecular formula is C14H12N2S. The number of benzene rings is 1. The Bertz CT molecular complexity index is 568. The fourth-order valence-corrected chi connectivity index (χ4v) is 2.38. The largest absolute Gasteiger partial charge is 0.248 e. The summed E-state index contributed by atoms with van der Waals surface area (Å²) in [7, 11) is 0. The molecule has 1 aromatic heterocycles.